The zero-order valence-corrected chi connectivity index (χ0v) is 22.0. The summed E-state index contributed by atoms with van der Waals surface area (Å²) in [5.74, 6) is 0.639. The van der Waals surface area contributed by atoms with E-state index >= 15 is 0 Å². The third-order valence-corrected chi connectivity index (χ3v) is 6.52. The van der Waals surface area contributed by atoms with Gasteiger partial charge in [0.1, 0.15) is 0 Å². The number of H-pyrrole nitrogens is 1. The first-order chi connectivity index (χ1) is 18.5. The van der Waals surface area contributed by atoms with Gasteiger partial charge in [0.05, 0.1) is 29.4 Å². The van der Waals surface area contributed by atoms with E-state index in [0.29, 0.717) is 31.3 Å². The van der Waals surface area contributed by atoms with E-state index in [2.05, 4.69) is 84.9 Å². The number of anilines is 3. The molecule has 0 saturated heterocycles. The summed E-state index contributed by atoms with van der Waals surface area (Å²) in [6.07, 6.45) is -0.859. The zero-order valence-electron chi connectivity index (χ0n) is 22.0. The lowest BCUT2D eigenvalue weighted by Crippen LogP contribution is -2.37. The number of nitrogens with one attached hydrogen (secondary N) is 3. The molecule has 0 bridgehead atoms. The smallest absolute Gasteiger partial charge is 0.411 e. The Morgan fingerprint density at radius 1 is 1.11 bits per heavy atom. The van der Waals surface area contributed by atoms with Crippen molar-refractivity contribution >= 4 is 23.2 Å². The Bertz CT molecular complexity index is 1400. The van der Waals surface area contributed by atoms with Gasteiger partial charge >= 0.3 is 6.09 Å². The summed E-state index contributed by atoms with van der Waals surface area (Å²) in [6.45, 7) is 10.2. The molecule has 1 amide bonds. The monoisotopic (exact) mass is 516 g/mol. The van der Waals surface area contributed by atoms with Crippen molar-refractivity contribution in [2.24, 2.45) is 0 Å². The Kier molecular flexibility index (Phi) is 7.27. The Balaban J connectivity index is 1.46. The Labute approximate surface area is 221 Å². The quantitative estimate of drug-likeness (QED) is 0.285. The number of hydrogen-bond donors (Lipinski definition) is 3. The van der Waals surface area contributed by atoms with Gasteiger partial charge in [-0.3, -0.25) is 5.32 Å². The molecule has 1 aliphatic heterocycles. The van der Waals surface area contributed by atoms with E-state index in [9.17, 15) is 4.79 Å². The molecule has 0 radical (unpaired) electrons. The summed E-state index contributed by atoms with van der Waals surface area (Å²) in [5, 5.41) is 20.8. The predicted molar refractivity (Wildman–Crippen MR) is 146 cm³/mol. The third kappa shape index (κ3) is 4.80. The van der Waals surface area contributed by atoms with Gasteiger partial charge < -0.3 is 24.3 Å². The largest absolute Gasteiger partial charge is 0.450 e. The molecule has 4 aromatic rings. The van der Waals surface area contributed by atoms with E-state index in [1.165, 1.54) is 0 Å². The zero-order chi connectivity index (χ0) is 26.6. The number of tetrazole rings is 1. The van der Waals surface area contributed by atoms with Crippen molar-refractivity contribution in [3.05, 3.63) is 59.8 Å². The lowest BCUT2D eigenvalue weighted by atomic mass is 10.0. The Morgan fingerprint density at radius 2 is 1.92 bits per heavy atom. The van der Waals surface area contributed by atoms with Crippen LogP contribution in [0.4, 0.5) is 21.9 Å². The second-order valence-corrected chi connectivity index (χ2v) is 8.87. The number of aromatic amines is 1. The van der Waals surface area contributed by atoms with Crippen LogP contribution in [0.25, 0.3) is 22.6 Å². The average molecular weight is 517 g/mol. The predicted octanol–water partition coefficient (Wildman–Crippen LogP) is 4.98. The minimum absolute atomic E-state index is 0.298. The van der Waals surface area contributed by atoms with E-state index < -0.39 is 6.09 Å². The highest BCUT2D eigenvalue weighted by molar-refractivity contribution is 5.95. The maximum absolute atomic E-state index is 12.2. The van der Waals surface area contributed by atoms with Crippen molar-refractivity contribution in [3.63, 3.8) is 0 Å². The molecule has 38 heavy (non-hydrogen) atoms. The Hall–Kier alpha value is -4.38. The normalized spacial score (nSPS) is 14.3. The average Bonchev–Trinajstić information content (AvgIpc) is 3.63. The molecular weight excluding hydrogens is 484 g/mol. The molecule has 1 unspecified atom stereocenters. The topological polar surface area (TPSA) is 122 Å². The number of benzene rings is 2. The first-order valence-corrected chi connectivity index (χ1v) is 12.8. The van der Waals surface area contributed by atoms with Crippen molar-refractivity contribution in [2.45, 2.75) is 47.1 Å². The first kappa shape index (κ1) is 25.3. The summed E-state index contributed by atoms with van der Waals surface area (Å²) in [4.78, 5) is 14.3. The summed E-state index contributed by atoms with van der Waals surface area (Å²) >= 11 is 0. The van der Waals surface area contributed by atoms with Gasteiger partial charge in [-0.2, -0.15) is 0 Å². The van der Waals surface area contributed by atoms with Gasteiger partial charge in [0.25, 0.3) is 0 Å². The number of aryl methyl sites for hydroxylation is 1. The van der Waals surface area contributed by atoms with Gasteiger partial charge in [0, 0.05) is 31.0 Å². The highest BCUT2D eigenvalue weighted by Gasteiger charge is 2.32. The van der Waals surface area contributed by atoms with Crippen LogP contribution in [0.15, 0.2) is 48.5 Å². The highest BCUT2D eigenvalue weighted by atomic mass is 16.5. The minimum atomic E-state index is -0.489. The third-order valence-electron chi connectivity index (χ3n) is 6.52. The molecule has 3 N–H and O–H groups in total. The molecule has 1 atom stereocenters. The highest BCUT2D eigenvalue weighted by Crippen LogP contribution is 2.42. The summed E-state index contributed by atoms with van der Waals surface area (Å²) < 4.78 is 13.4. The maximum atomic E-state index is 12.2. The molecule has 1 aliphatic rings. The number of nitrogens with zero attached hydrogens (tertiary/aromatic N) is 5. The lowest BCUT2D eigenvalue weighted by Gasteiger charge is -2.27. The van der Waals surface area contributed by atoms with E-state index in [-0.39, 0.29) is 6.35 Å². The Morgan fingerprint density at radius 3 is 2.61 bits per heavy atom. The van der Waals surface area contributed by atoms with E-state index in [0.717, 1.165) is 46.0 Å². The van der Waals surface area contributed by atoms with Crippen LogP contribution < -0.4 is 15.5 Å². The molecular formula is C27H32N8O3. The van der Waals surface area contributed by atoms with Crippen molar-refractivity contribution in [1.82, 2.24) is 25.2 Å². The number of ether oxygens (including phenoxy) is 2. The van der Waals surface area contributed by atoms with Crippen molar-refractivity contribution in [3.8, 4) is 22.6 Å². The van der Waals surface area contributed by atoms with Gasteiger partial charge in [-0.05, 0) is 67.4 Å². The number of amides is 1. The summed E-state index contributed by atoms with van der Waals surface area (Å²) in [5.41, 5.74) is 7.74. The van der Waals surface area contributed by atoms with Crippen molar-refractivity contribution in [2.75, 3.05) is 28.7 Å². The van der Waals surface area contributed by atoms with Crippen LogP contribution in [-0.2, 0) is 22.6 Å². The van der Waals surface area contributed by atoms with Crippen LogP contribution in [-0.4, -0.2) is 50.9 Å². The van der Waals surface area contributed by atoms with Crippen LogP contribution in [0, 0.1) is 6.92 Å². The van der Waals surface area contributed by atoms with Crippen LogP contribution in [0.1, 0.15) is 32.0 Å². The molecule has 198 valence electrons. The van der Waals surface area contributed by atoms with Gasteiger partial charge in [-0.1, -0.05) is 30.3 Å². The second-order valence-electron chi connectivity index (χ2n) is 8.87. The molecule has 3 heterocycles. The SMILES string of the molecule is CCOC(=O)Nc1cccc2c1N(Cc1ccc(-c3c(-c4nnn[nH]4)cc(C)n3CC)cc1)C(OCC)N2. The van der Waals surface area contributed by atoms with Crippen LogP contribution in [0.2, 0.25) is 0 Å². The maximum Gasteiger partial charge on any atom is 0.411 e. The molecule has 5 rings (SSSR count). The number of hydrogen-bond acceptors (Lipinski definition) is 8. The number of para-hydroxylation sites is 1. The number of carbonyl (C=O) groups excluding carboxylic acids is 1. The fraction of sp³-hybridized carbons (Fsp3) is 0.333. The van der Waals surface area contributed by atoms with Crippen molar-refractivity contribution in [1.29, 1.82) is 0 Å². The first-order valence-electron chi connectivity index (χ1n) is 12.8. The van der Waals surface area contributed by atoms with Crippen LogP contribution >= 0.6 is 0 Å². The number of rotatable bonds is 9. The molecule has 0 aliphatic carbocycles. The van der Waals surface area contributed by atoms with E-state index in [4.69, 9.17) is 9.47 Å². The number of fused-ring (bicyclic) bond motifs is 1. The second kappa shape index (κ2) is 10.9. The van der Waals surface area contributed by atoms with Crippen LogP contribution in [0.3, 0.4) is 0 Å². The molecule has 11 heteroatoms. The van der Waals surface area contributed by atoms with Gasteiger partial charge in [0.2, 0.25) is 6.35 Å². The molecule has 0 spiro atoms. The molecule has 0 saturated carbocycles. The summed E-state index contributed by atoms with van der Waals surface area (Å²) in [6, 6.07) is 16.3. The van der Waals surface area contributed by atoms with E-state index in [1.54, 1.807) is 6.92 Å². The van der Waals surface area contributed by atoms with Crippen LogP contribution in [0.5, 0.6) is 0 Å². The minimum Gasteiger partial charge on any atom is -0.450 e. The van der Waals surface area contributed by atoms with E-state index in [1.807, 2.05) is 25.1 Å². The molecule has 11 nitrogen and oxygen atoms in total. The standard InChI is InChI=1S/C27H32N8O3/c1-5-34-17(4)15-20(25-30-32-33-31-25)23(34)19-13-11-18(12-14-19)16-35-24-21(28-26(35)37-6-2)9-8-10-22(24)29-27(36)38-7-3/h8-15,26,28H,5-7,16H2,1-4H3,(H,29,36)(H,30,31,32,33). The van der Waals surface area contributed by atoms with Gasteiger partial charge in [0.15, 0.2) is 5.82 Å². The lowest BCUT2D eigenvalue weighted by molar-refractivity contribution is 0.0831. The molecule has 2 aromatic heterocycles. The fourth-order valence-electron chi connectivity index (χ4n) is 4.94. The molecule has 2 aromatic carbocycles. The van der Waals surface area contributed by atoms with Crippen molar-refractivity contribution < 1.29 is 14.3 Å². The van der Waals surface area contributed by atoms with Gasteiger partial charge in [-0.25, -0.2) is 9.89 Å². The van der Waals surface area contributed by atoms with Gasteiger partial charge in [-0.15, -0.1) is 5.10 Å². The summed E-state index contributed by atoms with van der Waals surface area (Å²) in [7, 11) is 0. The number of aromatic nitrogens is 5. The number of carbonyl (C=O) groups is 1. The fourth-order valence-corrected chi connectivity index (χ4v) is 4.94. The molecule has 0 fully saturated rings.